The van der Waals surface area contributed by atoms with Crippen LogP contribution >= 0.6 is 0 Å². The van der Waals surface area contributed by atoms with Gasteiger partial charge in [0.25, 0.3) is 11.9 Å². The Morgan fingerprint density at radius 3 is 1.31 bits per heavy atom. The first-order valence-corrected chi connectivity index (χ1v) is 28.8. The van der Waals surface area contributed by atoms with E-state index in [1.54, 1.807) is 0 Å². The molecule has 0 amide bonds. The van der Waals surface area contributed by atoms with Crippen LogP contribution in [0, 0.1) is 0 Å². The monoisotopic (exact) mass is 1360 g/mol. The summed E-state index contributed by atoms with van der Waals surface area (Å²) in [5.41, 5.74) is 0.0738. The van der Waals surface area contributed by atoms with Gasteiger partial charge in [-0.15, -0.1) is 0 Å². The predicted molar refractivity (Wildman–Crippen MR) is 308 cm³/mol. The van der Waals surface area contributed by atoms with E-state index in [0.29, 0.717) is 0 Å². The highest BCUT2D eigenvalue weighted by molar-refractivity contribution is 5.90. The zero-order valence-electron chi connectivity index (χ0n) is 49.3. The highest BCUT2D eigenvalue weighted by Crippen LogP contribution is 2.49. The molecule has 0 saturated carbocycles. The van der Waals surface area contributed by atoms with Gasteiger partial charge in [0.1, 0.15) is 141 Å². The standard InChI is InChI=1S/C60H66O36/c61-17-35-44(73)48(77)53(82)58(93-35)90-31-5-1-21(9-27(31)63)4-8-41(70)86-19-37-46(75)50(79)54(83)59(95-37)91-32-6-2-22(10-28(32)64)3-7-40(69)85-18-36-45(74)49(78)52(81)57(94-36)88-24-13-26(62)25-15-34(56(89-33(25)14-24)23-11-29(65)43(72)30(66)12-23)92-60-55(84)51(80)47(76)38(96-60)20-87-42(71)16-39(67)68/h1-15,35-38,44-66,72-84H,16-20H2,(H,67,68)/p+1. The number of carboxylic acid groups (broad SMARTS) is 1. The first kappa shape index (κ1) is 71.4. The zero-order valence-corrected chi connectivity index (χ0v) is 49.3. The zero-order chi connectivity index (χ0) is 69.7. The van der Waals surface area contributed by atoms with Gasteiger partial charge in [0, 0.05) is 24.3 Å². The van der Waals surface area contributed by atoms with Crippen molar-refractivity contribution in [2.45, 2.75) is 135 Å². The molecule has 4 fully saturated rings. The Morgan fingerprint density at radius 1 is 0.458 bits per heavy atom. The van der Waals surface area contributed by atoms with Gasteiger partial charge in [0.2, 0.25) is 25.2 Å². The van der Waals surface area contributed by atoms with Gasteiger partial charge < -0.3 is 159 Å². The quantitative estimate of drug-likeness (QED) is 0.00876. The molecule has 4 saturated heterocycles. The lowest BCUT2D eigenvalue weighted by atomic mass is 9.98. The van der Waals surface area contributed by atoms with Crippen molar-refractivity contribution in [1.82, 2.24) is 0 Å². The van der Waals surface area contributed by atoms with E-state index in [1.807, 2.05) is 0 Å². The molecule has 36 heteroatoms. The van der Waals surface area contributed by atoms with Crippen LogP contribution < -0.4 is 14.2 Å². The topological polar surface area (TPSA) is 587 Å². The molecule has 0 aliphatic carbocycles. The second-order valence-electron chi connectivity index (χ2n) is 22.2. The average molecular weight is 1360 g/mol. The van der Waals surface area contributed by atoms with Crippen molar-refractivity contribution < 1.29 is 178 Å². The Hall–Kier alpha value is -8.90. The summed E-state index contributed by atoms with van der Waals surface area (Å²) < 4.78 is 64.7. The summed E-state index contributed by atoms with van der Waals surface area (Å²) in [6.45, 7) is -3.05. The van der Waals surface area contributed by atoms with Crippen molar-refractivity contribution in [3.63, 3.8) is 0 Å². The number of aliphatic carboxylic acids is 1. The molecule has 0 spiro atoms. The van der Waals surface area contributed by atoms with E-state index < -0.39 is 220 Å². The van der Waals surface area contributed by atoms with Crippen LogP contribution in [0.25, 0.3) is 18.2 Å². The lowest BCUT2D eigenvalue weighted by Gasteiger charge is -2.41. The van der Waals surface area contributed by atoms with Crippen molar-refractivity contribution in [3.8, 4) is 57.5 Å². The highest BCUT2D eigenvalue weighted by Gasteiger charge is 2.50. The summed E-state index contributed by atoms with van der Waals surface area (Å²) >= 11 is 0. The Balaban J connectivity index is 0.788. The molecule has 21 N–H and O–H groups in total. The number of rotatable bonds is 22. The van der Waals surface area contributed by atoms with E-state index in [1.165, 1.54) is 24.3 Å². The number of esters is 3. The fourth-order valence-corrected chi connectivity index (χ4v) is 10.2. The molecule has 9 rings (SSSR count). The molecule has 21 atom stereocenters. The van der Waals surface area contributed by atoms with Crippen LogP contribution in [0.5, 0.6) is 57.5 Å². The number of fused-ring (bicyclic) bond motifs is 1. The summed E-state index contributed by atoms with van der Waals surface area (Å²) in [5, 5.41) is 209. The average Bonchev–Trinajstić information content (AvgIpc) is 0.777. The number of carboxylic acids is 1. The maximum atomic E-state index is 13.0. The number of benzene rings is 4. The van der Waals surface area contributed by atoms with Crippen LogP contribution in [0.4, 0.5) is 0 Å². The van der Waals surface area contributed by atoms with Gasteiger partial charge in [0.05, 0.1) is 18.2 Å². The van der Waals surface area contributed by atoms with E-state index in [2.05, 4.69) is 4.74 Å². The molecule has 5 aliphatic heterocycles. The van der Waals surface area contributed by atoms with Crippen LogP contribution in [-0.2, 0) is 57.1 Å². The number of aliphatic hydroxyl groups excluding tert-OH is 13. The molecule has 5 aliphatic rings. The number of phenolic OH excluding ortho intramolecular Hbond substituents is 6. The van der Waals surface area contributed by atoms with E-state index in [9.17, 15) is 116 Å². The van der Waals surface area contributed by atoms with Crippen molar-refractivity contribution >= 4 is 42.1 Å². The predicted octanol–water partition coefficient (Wildman–Crippen LogP) is -4.84. The number of ether oxygens (including phenoxy) is 12. The third-order valence-corrected chi connectivity index (χ3v) is 15.5. The molecule has 96 heavy (non-hydrogen) atoms. The minimum atomic E-state index is -2.05. The normalized spacial score (nSPS) is 32.1. The van der Waals surface area contributed by atoms with Gasteiger partial charge in [-0.1, -0.05) is 12.1 Å². The van der Waals surface area contributed by atoms with E-state index in [0.717, 1.165) is 66.8 Å². The van der Waals surface area contributed by atoms with Gasteiger partial charge in [-0.05, 0) is 59.7 Å². The number of carbonyl (C=O) groups excluding carboxylic acids is 3. The lowest BCUT2D eigenvalue weighted by Crippen LogP contribution is -2.60. The molecule has 0 aromatic heterocycles. The molecule has 4 aromatic carbocycles. The molecule has 522 valence electrons. The number of hydrogen-bond acceptors (Lipinski definition) is 34. The van der Waals surface area contributed by atoms with Crippen LogP contribution in [0.1, 0.15) is 34.8 Å². The van der Waals surface area contributed by atoms with E-state index >= 15 is 0 Å². The first-order chi connectivity index (χ1) is 45.5. The van der Waals surface area contributed by atoms with Crippen molar-refractivity contribution in [1.29, 1.82) is 0 Å². The van der Waals surface area contributed by atoms with Crippen LogP contribution in [0.3, 0.4) is 0 Å². The summed E-state index contributed by atoms with van der Waals surface area (Å²) in [7, 11) is 0. The second kappa shape index (κ2) is 30.4. The molecule has 0 radical (unpaired) electrons. The Bertz CT molecular complexity index is 3510. The number of aliphatic hydroxyl groups is 14. The molecular weight excluding hydrogens is 1300 g/mol. The fourth-order valence-electron chi connectivity index (χ4n) is 10.2. The number of phenols is 6. The van der Waals surface area contributed by atoms with Crippen molar-refractivity contribution in [3.05, 3.63) is 101 Å². The summed E-state index contributed by atoms with van der Waals surface area (Å²) in [4.78, 5) is 48.5. The van der Waals surface area contributed by atoms with Gasteiger partial charge in [0.15, 0.2) is 46.0 Å². The van der Waals surface area contributed by atoms with E-state index in [4.69, 9.17) is 57.2 Å². The van der Waals surface area contributed by atoms with Gasteiger partial charge in [-0.2, -0.15) is 0 Å². The summed E-state index contributed by atoms with van der Waals surface area (Å²) in [5.74, 6) is -10.7. The van der Waals surface area contributed by atoms with Crippen molar-refractivity contribution in [2.24, 2.45) is 0 Å². The second-order valence-corrected chi connectivity index (χ2v) is 22.2. The minimum Gasteiger partial charge on any atom is -0.571 e. The number of aromatic hydroxyl groups is 7. The van der Waals surface area contributed by atoms with Gasteiger partial charge in [-0.25, -0.2) is 9.59 Å². The third-order valence-electron chi connectivity index (χ3n) is 15.5. The smallest absolute Gasteiger partial charge is 0.330 e. The first-order valence-electron chi connectivity index (χ1n) is 28.8. The maximum absolute atomic E-state index is 13.0. The fraction of sp³-hybridized carbons (Fsp3) is 0.433. The maximum Gasteiger partial charge on any atom is 0.330 e. The van der Waals surface area contributed by atoms with Crippen LogP contribution in [0.15, 0.2) is 78.6 Å². The Labute approximate surface area is 539 Å². The highest BCUT2D eigenvalue weighted by atomic mass is 16.7. The van der Waals surface area contributed by atoms with Gasteiger partial charge >= 0.3 is 23.9 Å². The number of carbonyl (C=O) groups is 4. The third kappa shape index (κ3) is 16.3. The lowest BCUT2D eigenvalue weighted by molar-refractivity contribution is -0.296. The summed E-state index contributed by atoms with van der Waals surface area (Å²) in [6.07, 6.45) is -33.3. The molecule has 0 bridgehead atoms. The Morgan fingerprint density at radius 2 is 0.875 bits per heavy atom. The molecule has 21 unspecified atom stereocenters. The summed E-state index contributed by atoms with van der Waals surface area (Å²) in [6, 6.07) is 11.3. The van der Waals surface area contributed by atoms with Gasteiger partial charge in [-0.3, -0.25) is 9.59 Å². The number of hydrogen-bond donors (Lipinski definition) is 20. The van der Waals surface area contributed by atoms with Crippen molar-refractivity contribution in [2.75, 3.05) is 26.4 Å². The Kier molecular flexibility index (Phi) is 22.6. The largest absolute Gasteiger partial charge is 0.571 e. The molecule has 36 nitrogen and oxygen atoms in total. The SMILES string of the molecule is O=C(O)CC(=O)OCC1OC(OC2=Cc3c(O)cc(OC4OC(COC(=O)C=Cc5ccc(OC6OC(COC(=O)C=Cc7ccc(OC8OC(CO)C(O)C(O)C8O)c(O)c7)C(O)C(O)C6O)c(O)c5)C(O)C(O)C4O)cc3[OH+]C2c2cc(O)c(O)c(O)c2)C(O)C(O)C1O. The van der Waals surface area contributed by atoms with E-state index in [-0.39, 0.29) is 51.0 Å². The molecular formula is C60H67O36+. The minimum absolute atomic E-state index is 0.129. The van der Waals surface area contributed by atoms with Crippen LogP contribution in [-0.4, -0.2) is 280 Å². The van der Waals surface area contributed by atoms with Crippen LogP contribution in [0.2, 0.25) is 0 Å². The molecule has 4 aromatic rings. The molecule has 5 heterocycles.